The zero-order chi connectivity index (χ0) is 36.1. The maximum atomic E-state index is 13.8. The van der Waals surface area contributed by atoms with Crippen LogP contribution in [-0.2, 0) is 16.0 Å². The van der Waals surface area contributed by atoms with Crippen LogP contribution in [0.1, 0.15) is 64.4 Å². The molecule has 0 spiro atoms. The highest BCUT2D eigenvalue weighted by atomic mass is 35.5. The van der Waals surface area contributed by atoms with Crippen LogP contribution in [0.25, 0.3) is 27.7 Å². The maximum absolute atomic E-state index is 13.8. The number of aromatic nitrogens is 2. The monoisotopic (exact) mass is 719 g/mol. The van der Waals surface area contributed by atoms with Gasteiger partial charge >= 0.3 is 6.03 Å². The van der Waals surface area contributed by atoms with Gasteiger partial charge in [-0.1, -0.05) is 48.9 Å². The lowest BCUT2D eigenvalue weighted by Gasteiger charge is -2.37. The third-order valence-corrected chi connectivity index (χ3v) is 11.1. The molecule has 0 radical (unpaired) electrons. The number of piperidine rings is 1. The van der Waals surface area contributed by atoms with E-state index in [-0.39, 0.29) is 24.4 Å². The van der Waals surface area contributed by atoms with E-state index in [0.717, 1.165) is 63.3 Å². The van der Waals surface area contributed by atoms with Crippen molar-refractivity contribution in [3.63, 3.8) is 0 Å². The summed E-state index contributed by atoms with van der Waals surface area (Å²) in [7, 11) is 0. The number of anilines is 1. The molecule has 2 aromatic heterocycles. The van der Waals surface area contributed by atoms with Crippen LogP contribution < -0.4 is 10.2 Å². The zero-order valence-corrected chi connectivity index (χ0v) is 29.5. The zero-order valence-electron chi connectivity index (χ0n) is 28.8. The van der Waals surface area contributed by atoms with Gasteiger partial charge in [-0.05, 0) is 66.1 Å². The van der Waals surface area contributed by atoms with Crippen molar-refractivity contribution in [2.45, 2.75) is 45.1 Å². The Kier molecular flexibility index (Phi) is 8.88. The normalized spacial score (nSPS) is 19.8. The number of nitrogens with zero attached hydrogens (tertiary/aromatic N) is 5. The highest BCUT2D eigenvalue weighted by Crippen LogP contribution is 2.37. The molecule has 8 rings (SSSR count). The molecule has 4 aliphatic heterocycles. The van der Waals surface area contributed by atoms with E-state index in [0.29, 0.717) is 55.3 Å². The number of carbonyl (C=O) groups excluding carboxylic acids is 5. The first kappa shape index (κ1) is 33.8. The molecule has 2 fully saturated rings. The van der Waals surface area contributed by atoms with Crippen LogP contribution in [0, 0.1) is 0 Å². The number of pyridine rings is 1. The second kappa shape index (κ2) is 13.7. The smallest absolute Gasteiger partial charge is 0.324 e. The van der Waals surface area contributed by atoms with Gasteiger partial charge in [0.05, 0.1) is 16.1 Å². The molecule has 1 atom stereocenters. The topological polar surface area (TPSA) is 139 Å². The Morgan fingerprint density at radius 1 is 0.923 bits per heavy atom. The van der Waals surface area contributed by atoms with Crippen LogP contribution >= 0.6 is 11.6 Å². The quantitative estimate of drug-likeness (QED) is 0.237. The molecule has 1 unspecified atom stereocenters. The molecule has 13 heteroatoms. The molecule has 266 valence electrons. The number of benzene rings is 2. The molecule has 0 bridgehead atoms. The Balaban J connectivity index is 0.926. The van der Waals surface area contributed by atoms with Crippen molar-refractivity contribution in [3.05, 3.63) is 88.2 Å². The lowest BCUT2D eigenvalue weighted by Crippen LogP contribution is -2.54. The van der Waals surface area contributed by atoms with E-state index in [2.05, 4.69) is 33.2 Å². The molecule has 4 aliphatic rings. The Morgan fingerprint density at radius 2 is 1.75 bits per heavy atom. The summed E-state index contributed by atoms with van der Waals surface area (Å²) in [6, 6.07) is 12.1. The minimum absolute atomic E-state index is 0.0289. The van der Waals surface area contributed by atoms with E-state index < -0.39 is 29.7 Å². The molecule has 0 aliphatic carbocycles. The molecule has 4 aromatic rings. The molecule has 12 nitrogen and oxygen atoms in total. The van der Waals surface area contributed by atoms with E-state index in [4.69, 9.17) is 11.6 Å². The highest BCUT2D eigenvalue weighted by Gasteiger charge is 2.45. The van der Waals surface area contributed by atoms with Gasteiger partial charge in [-0.15, -0.1) is 0 Å². The molecular weight excluding hydrogens is 682 g/mol. The van der Waals surface area contributed by atoms with E-state index in [9.17, 15) is 24.0 Å². The summed E-state index contributed by atoms with van der Waals surface area (Å²) in [4.78, 5) is 79.8. The van der Waals surface area contributed by atoms with Crippen molar-refractivity contribution in [2.75, 3.05) is 44.2 Å². The van der Waals surface area contributed by atoms with Crippen LogP contribution in [0.2, 0.25) is 5.02 Å². The number of H-pyrrole nitrogens is 1. The Hall–Kier alpha value is -5.33. The minimum atomic E-state index is -1.00. The largest absolute Gasteiger partial charge is 0.346 e. The Bertz CT molecular complexity index is 2190. The van der Waals surface area contributed by atoms with Gasteiger partial charge in [0.25, 0.3) is 11.8 Å². The second-order valence-electron chi connectivity index (χ2n) is 13.7. The van der Waals surface area contributed by atoms with Crippen molar-refractivity contribution < 1.29 is 24.0 Å². The van der Waals surface area contributed by atoms with Gasteiger partial charge in [0.1, 0.15) is 11.7 Å². The average Bonchev–Trinajstić information content (AvgIpc) is 3.70. The number of halogens is 1. The lowest BCUT2D eigenvalue weighted by atomic mass is 9.92. The Morgan fingerprint density at radius 3 is 2.54 bits per heavy atom. The number of rotatable bonds is 8. The molecule has 2 saturated heterocycles. The summed E-state index contributed by atoms with van der Waals surface area (Å²) < 4.78 is 0. The maximum Gasteiger partial charge on any atom is 0.324 e. The van der Waals surface area contributed by atoms with E-state index in [1.807, 2.05) is 46.3 Å². The molecule has 6 heterocycles. The number of fused-ring (bicyclic) bond motifs is 2. The van der Waals surface area contributed by atoms with Crippen molar-refractivity contribution in [1.82, 2.24) is 30.0 Å². The molecule has 2 N–H and O–H groups in total. The number of imide groups is 2. The van der Waals surface area contributed by atoms with Crippen LogP contribution in [-0.4, -0.2) is 99.6 Å². The van der Waals surface area contributed by atoms with Crippen molar-refractivity contribution in [1.29, 1.82) is 0 Å². The van der Waals surface area contributed by atoms with Crippen molar-refractivity contribution in [2.24, 2.45) is 0 Å². The summed E-state index contributed by atoms with van der Waals surface area (Å²) in [5.74, 6) is -2.04. The van der Waals surface area contributed by atoms with Gasteiger partial charge in [-0.3, -0.25) is 39.2 Å². The predicted octanol–water partition coefficient (Wildman–Crippen LogP) is 5.27. The standard InChI is InChI=1S/C39H38ClN7O5/c1-2-23-21-41-35-32(23)34(40)29(22-42-35)25-6-3-7-26(20-25)46-15-5-14-45(39(46)52)19-18-44-16-12-24(13-17-44)27-8-4-9-28-33(27)38(51)47(37(28)50)30-10-11-31(48)43-36(30)49/h3-4,6-9,12,20-22,30H,2,5,10-11,13-19H2,1H3,(H,41,42)(H,43,48,49). The summed E-state index contributed by atoms with van der Waals surface area (Å²) >= 11 is 6.92. The summed E-state index contributed by atoms with van der Waals surface area (Å²) in [5, 5.41) is 3.83. The number of hydrogen-bond acceptors (Lipinski definition) is 7. The SMILES string of the molecule is CCc1c[nH]c2ncc(-c3cccc(N4CCCN(CCN5CC=C(c6cccc7c6C(=O)N(C6CCC(=O)NC6=O)C7=O)CC5)C4=O)c3)c(Cl)c12. The molecule has 2 aromatic carbocycles. The van der Waals surface area contributed by atoms with Gasteiger partial charge < -0.3 is 9.88 Å². The number of amides is 6. The fourth-order valence-corrected chi connectivity index (χ4v) is 8.24. The van der Waals surface area contributed by atoms with E-state index in [1.54, 1.807) is 18.3 Å². The summed E-state index contributed by atoms with van der Waals surface area (Å²) in [5.41, 5.74) is 6.68. The highest BCUT2D eigenvalue weighted by molar-refractivity contribution is 6.38. The van der Waals surface area contributed by atoms with E-state index >= 15 is 0 Å². The van der Waals surface area contributed by atoms with Gasteiger partial charge in [-0.25, -0.2) is 9.78 Å². The lowest BCUT2D eigenvalue weighted by molar-refractivity contribution is -0.136. The van der Waals surface area contributed by atoms with Crippen molar-refractivity contribution in [3.8, 4) is 11.1 Å². The van der Waals surface area contributed by atoms with Crippen LogP contribution in [0.4, 0.5) is 10.5 Å². The van der Waals surface area contributed by atoms with Gasteiger partial charge in [-0.2, -0.15) is 0 Å². The number of hydrogen-bond donors (Lipinski definition) is 2. The number of urea groups is 1. The predicted molar refractivity (Wildman–Crippen MR) is 197 cm³/mol. The fourth-order valence-electron chi connectivity index (χ4n) is 7.87. The number of aryl methyl sites for hydroxylation is 1. The fraction of sp³-hybridized carbons (Fsp3) is 0.333. The number of aromatic amines is 1. The summed E-state index contributed by atoms with van der Waals surface area (Å²) in [6.07, 6.45) is 8.34. The summed E-state index contributed by atoms with van der Waals surface area (Å²) in [6.45, 7) is 6.01. The van der Waals surface area contributed by atoms with Gasteiger partial charge in [0.15, 0.2) is 0 Å². The molecular formula is C39H38ClN7O5. The van der Waals surface area contributed by atoms with Crippen LogP contribution in [0.3, 0.4) is 0 Å². The first-order chi connectivity index (χ1) is 25.2. The van der Waals surface area contributed by atoms with Gasteiger partial charge in [0.2, 0.25) is 11.8 Å². The third kappa shape index (κ3) is 5.85. The molecule has 0 saturated carbocycles. The first-order valence-electron chi connectivity index (χ1n) is 17.8. The number of nitrogens with one attached hydrogen (secondary N) is 2. The number of carbonyl (C=O) groups is 5. The second-order valence-corrected chi connectivity index (χ2v) is 14.0. The Labute approximate surface area is 305 Å². The van der Waals surface area contributed by atoms with Crippen molar-refractivity contribution >= 4 is 63.6 Å². The van der Waals surface area contributed by atoms with E-state index in [1.165, 1.54) is 0 Å². The molecule has 52 heavy (non-hydrogen) atoms. The minimum Gasteiger partial charge on any atom is -0.346 e. The van der Waals surface area contributed by atoms with Gasteiger partial charge in [0, 0.05) is 74.7 Å². The van der Waals surface area contributed by atoms with Crippen LogP contribution in [0.5, 0.6) is 0 Å². The van der Waals surface area contributed by atoms with Crippen LogP contribution in [0.15, 0.2) is 60.9 Å². The first-order valence-corrected chi connectivity index (χ1v) is 18.2. The average molecular weight is 720 g/mol. The third-order valence-electron chi connectivity index (χ3n) is 10.7. The molecule has 6 amide bonds.